The highest BCUT2D eigenvalue weighted by Gasteiger charge is 2.24. The Morgan fingerprint density at radius 2 is 1.84 bits per heavy atom. The molecule has 2 aliphatic rings. The van der Waals surface area contributed by atoms with E-state index in [-0.39, 0.29) is 6.10 Å². The molecule has 3 atom stereocenters. The number of hydrogen-bond acceptors (Lipinski definition) is 3. The number of likely N-dealkylation sites (tertiary alicyclic amines) is 1. The highest BCUT2D eigenvalue weighted by atomic mass is 16.3. The minimum absolute atomic E-state index is 0.0563. The normalized spacial score (nSPS) is 34.4. The third-order valence-electron chi connectivity index (χ3n) is 5.03. The molecule has 112 valence electrons. The van der Waals surface area contributed by atoms with Gasteiger partial charge in [0.05, 0.1) is 6.10 Å². The Morgan fingerprint density at radius 3 is 2.58 bits per heavy atom. The highest BCUT2D eigenvalue weighted by molar-refractivity contribution is 4.81. The van der Waals surface area contributed by atoms with Crippen molar-refractivity contribution >= 4 is 0 Å². The fourth-order valence-electron chi connectivity index (χ4n) is 3.58. The van der Waals surface area contributed by atoms with Gasteiger partial charge in [0.15, 0.2) is 0 Å². The Hall–Kier alpha value is -0.120. The lowest BCUT2D eigenvalue weighted by molar-refractivity contribution is 0.0678. The van der Waals surface area contributed by atoms with E-state index in [1.54, 1.807) is 0 Å². The fourth-order valence-corrected chi connectivity index (χ4v) is 3.58. The first kappa shape index (κ1) is 15.3. The molecule has 2 fully saturated rings. The van der Waals surface area contributed by atoms with Gasteiger partial charge in [-0.05, 0) is 65.0 Å². The molecule has 1 saturated carbocycles. The van der Waals surface area contributed by atoms with Crippen molar-refractivity contribution in [2.75, 3.05) is 19.6 Å². The second-order valence-corrected chi connectivity index (χ2v) is 6.78. The number of nitrogens with one attached hydrogen (secondary N) is 1. The first-order chi connectivity index (χ1) is 9.16. The van der Waals surface area contributed by atoms with Crippen LogP contribution in [0.15, 0.2) is 0 Å². The van der Waals surface area contributed by atoms with E-state index in [9.17, 15) is 5.11 Å². The average Bonchev–Trinajstić information content (AvgIpc) is 2.63. The van der Waals surface area contributed by atoms with Crippen molar-refractivity contribution in [1.82, 2.24) is 10.2 Å². The third kappa shape index (κ3) is 4.73. The minimum atomic E-state index is -0.0563. The van der Waals surface area contributed by atoms with Gasteiger partial charge in [-0.3, -0.25) is 0 Å². The largest absolute Gasteiger partial charge is 0.393 e. The van der Waals surface area contributed by atoms with Gasteiger partial charge in [-0.2, -0.15) is 0 Å². The van der Waals surface area contributed by atoms with E-state index in [0.717, 1.165) is 13.0 Å². The van der Waals surface area contributed by atoms with Crippen LogP contribution < -0.4 is 5.32 Å². The van der Waals surface area contributed by atoms with Crippen LogP contribution in [0.1, 0.15) is 58.8 Å². The van der Waals surface area contributed by atoms with E-state index in [2.05, 4.69) is 24.1 Å². The standard InChI is InChI=1S/C16H32N2O/c1-13(2)18-10-5-7-15(9-11-18)17-12-14-6-3-4-8-16(14)19/h13-17,19H,3-12H2,1-2H3. The number of nitrogens with zero attached hydrogens (tertiary/aromatic N) is 1. The van der Waals surface area contributed by atoms with Crippen molar-refractivity contribution in [2.24, 2.45) is 5.92 Å². The molecule has 3 heteroatoms. The van der Waals surface area contributed by atoms with Crippen LogP contribution in [0.25, 0.3) is 0 Å². The SMILES string of the molecule is CC(C)N1CCCC(NCC2CCCCC2O)CC1. The molecular weight excluding hydrogens is 236 g/mol. The van der Waals surface area contributed by atoms with Gasteiger partial charge in [0.2, 0.25) is 0 Å². The van der Waals surface area contributed by atoms with E-state index in [1.165, 1.54) is 51.6 Å². The van der Waals surface area contributed by atoms with Gasteiger partial charge in [-0.25, -0.2) is 0 Å². The van der Waals surface area contributed by atoms with Crippen LogP contribution in [0, 0.1) is 5.92 Å². The molecular formula is C16H32N2O. The molecule has 0 aromatic rings. The quantitative estimate of drug-likeness (QED) is 0.822. The van der Waals surface area contributed by atoms with Crippen molar-refractivity contribution in [3.63, 3.8) is 0 Å². The lowest BCUT2D eigenvalue weighted by Gasteiger charge is -2.29. The van der Waals surface area contributed by atoms with Gasteiger partial charge >= 0.3 is 0 Å². The molecule has 0 bridgehead atoms. The molecule has 0 radical (unpaired) electrons. The van der Waals surface area contributed by atoms with Crippen LogP contribution in [0.4, 0.5) is 0 Å². The predicted octanol–water partition coefficient (Wildman–Crippen LogP) is 2.39. The van der Waals surface area contributed by atoms with E-state index in [0.29, 0.717) is 18.0 Å². The van der Waals surface area contributed by atoms with Crippen LogP contribution in [0.2, 0.25) is 0 Å². The van der Waals surface area contributed by atoms with Gasteiger partial charge in [0.25, 0.3) is 0 Å². The Balaban J connectivity index is 1.71. The van der Waals surface area contributed by atoms with E-state index < -0.39 is 0 Å². The lowest BCUT2D eigenvalue weighted by atomic mass is 9.86. The molecule has 1 saturated heterocycles. The van der Waals surface area contributed by atoms with Crippen molar-refractivity contribution in [3.8, 4) is 0 Å². The van der Waals surface area contributed by atoms with Gasteiger partial charge in [-0.1, -0.05) is 12.8 Å². The number of rotatable bonds is 4. The summed E-state index contributed by atoms with van der Waals surface area (Å²) in [7, 11) is 0. The highest BCUT2D eigenvalue weighted by Crippen LogP contribution is 2.24. The maximum atomic E-state index is 10.0. The summed E-state index contributed by atoms with van der Waals surface area (Å²) < 4.78 is 0. The van der Waals surface area contributed by atoms with Gasteiger partial charge < -0.3 is 15.3 Å². The number of aliphatic hydroxyl groups excluding tert-OH is 1. The summed E-state index contributed by atoms with van der Waals surface area (Å²) in [5.74, 6) is 0.498. The molecule has 3 unspecified atom stereocenters. The first-order valence-electron chi connectivity index (χ1n) is 8.32. The molecule has 19 heavy (non-hydrogen) atoms. The monoisotopic (exact) mass is 268 g/mol. The molecule has 0 aromatic heterocycles. The smallest absolute Gasteiger partial charge is 0.0580 e. The van der Waals surface area contributed by atoms with Crippen molar-refractivity contribution in [1.29, 1.82) is 0 Å². The zero-order valence-electron chi connectivity index (χ0n) is 12.8. The van der Waals surface area contributed by atoms with Crippen LogP contribution in [0.3, 0.4) is 0 Å². The van der Waals surface area contributed by atoms with Crippen LogP contribution in [-0.4, -0.2) is 47.8 Å². The minimum Gasteiger partial charge on any atom is -0.393 e. The zero-order chi connectivity index (χ0) is 13.7. The van der Waals surface area contributed by atoms with Crippen LogP contribution >= 0.6 is 0 Å². The molecule has 2 rings (SSSR count). The number of aliphatic hydroxyl groups is 1. The lowest BCUT2D eigenvalue weighted by Crippen LogP contribution is -2.39. The topological polar surface area (TPSA) is 35.5 Å². The summed E-state index contributed by atoms with van der Waals surface area (Å²) in [5, 5.41) is 13.8. The zero-order valence-corrected chi connectivity index (χ0v) is 12.8. The predicted molar refractivity (Wildman–Crippen MR) is 80.3 cm³/mol. The summed E-state index contributed by atoms with van der Waals surface area (Å²) in [4.78, 5) is 2.59. The van der Waals surface area contributed by atoms with Gasteiger partial charge in [-0.15, -0.1) is 0 Å². The first-order valence-corrected chi connectivity index (χ1v) is 8.32. The van der Waals surface area contributed by atoms with Crippen molar-refractivity contribution in [2.45, 2.75) is 77.0 Å². The number of hydrogen-bond donors (Lipinski definition) is 2. The third-order valence-corrected chi connectivity index (χ3v) is 5.03. The molecule has 1 aliphatic heterocycles. The van der Waals surface area contributed by atoms with E-state index in [4.69, 9.17) is 0 Å². The van der Waals surface area contributed by atoms with Crippen LogP contribution in [-0.2, 0) is 0 Å². The molecule has 0 spiro atoms. The second-order valence-electron chi connectivity index (χ2n) is 6.78. The summed E-state index contributed by atoms with van der Waals surface area (Å²) in [6.07, 6.45) is 8.55. The summed E-state index contributed by atoms with van der Waals surface area (Å²) in [6.45, 7) is 8.09. The van der Waals surface area contributed by atoms with Gasteiger partial charge in [0.1, 0.15) is 0 Å². The Kier molecular flexibility index (Phi) is 6.11. The summed E-state index contributed by atoms with van der Waals surface area (Å²) >= 11 is 0. The Morgan fingerprint density at radius 1 is 1.05 bits per heavy atom. The Labute approximate surface area is 118 Å². The fraction of sp³-hybridized carbons (Fsp3) is 1.00. The molecule has 2 N–H and O–H groups in total. The Bertz CT molecular complexity index is 257. The summed E-state index contributed by atoms with van der Waals surface area (Å²) in [6, 6.07) is 1.34. The second kappa shape index (κ2) is 7.61. The molecule has 1 heterocycles. The molecule has 0 aromatic carbocycles. The summed E-state index contributed by atoms with van der Waals surface area (Å²) in [5.41, 5.74) is 0. The van der Waals surface area contributed by atoms with Gasteiger partial charge in [0, 0.05) is 18.6 Å². The molecule has 3 nitrogen and oxygen atoms in total. The van der Waals surface area contributed by atoms with Crippen molar-refractivity contribution in [3.05, 3.63) is 0 Å². The maximum Gasteiger partial charge on any atom is 0.0580 e. The van der Waals surface area contributed by atoms with Crippen molar-refractivity contribution < 1.29 is 5.11 Å². The molecule has 1 aliphatic carbocycles. The van der Waals surface area contributed by atoms with E-state index in [1.807, 2.05) is 0 Å². The molecule has 0 amide bonds. The van der Waals surface area contributed by atoms with Crippen LogP contribution in [0.5, 0.6) is 0 Å². The van der Waals surface area contributed by atoms with E-state index >= 15 is 0 Å². The average molecular weight is 268 g/mol. The maximum absolute atomic E-state index is 10.0.